The summed E-state index contributed by atoms with van der Waals surface area (Å²) in [6.45, 7) is 6.06. The van der Waals surface area contributed by atoms with Gasteiger partial charge >= 0.3 is 0 Å². The van der Waals surface area contributed by atoms with Crippen molar-refractivity contribution in [3.8, 4) is 0 Å². The van der Waals surface area contributed by atoms with Crippen molar-refractivity contribution in [3.05, 3.63) is 106 Å². The second-order valence-electron chi connectivity index (χ2n) is 6.95. The monoisotopic (exact) mass is 372 g/mol. The highest BCUT2D eigenvalue weighted by atomic mass is 16.3. The Kier molecular flexibility index (Phi) is 5.71. The lowest BCUT2D eigenvalue weighted by atomic mass is 9.85. The van der Waals surface area contributed by atoms with Gasteiger partial charge in [-0.1, -0.05) is 78.4 Å². The molecule has 1 amide bonds. The molecule has 3 aromatic rings. The number of aryl methyl sites for hydroxylation is 3. The van der Waals surface area contributed by atoms with E-state index in [4.69, 9.17) is 0 Å². The number of hydrogen-bond acceptors (Lipinski definition) is 3. The quantitative estimate of drug-likeness (QED) is 0.525. The average Bonchev–Trinajstić information content (AvgIpc) is 2.70. The molecule has 3 rings (SSSR count). The molecule has 3 aromatic carbocycles. The molecule has 4 nitrogen and oxygen atoms in total. The van der Waals surface area contributed by atoms with Gasteiger partial charge in [-0.25, -0.2) is 5.43 Å². The number of rotatable bonds is 5. The minimum Gasteiger partial charge on any atom is -0.372 e. The fraction of sp³-hybridized carbons (Fsp3) is 0.167. The zero-order valence-electron chi connectivity index (χ0n) is 16.3. The number of benzene rings is 3. The number of aliphatic hydroxyl groups is 1. The van der Waals surface area contributed by atoms with Crippen LogP contribution in [-0.4, -0.2) is 17.2 Å². The van der Waals surface area contributed by atoms with Crippen LogP contribution in [0.4, 0.5) is 0 Å². The van der Waals surface area contributed by atoms with Crippen LogP contribution in [0.15, 0.2) is 77.9 Å². The number of nitrogens with one attached hydrogen (secondary N) is 1. The molecule has 0 aromatic heterocycles. The molecule has 2 N–H and O–H groups in total. The van der Waals surface area contributed by atoms with Crippen LogP contribution >= 0.6 is 0 Å². The van der Waals surface area contributed by atoms with E-state index in [9.17, 15) is 9.90 Å². The third kappa shape index (κ3) is 3.87. The summed E-state index contributed by atoms with van der Waals surface area (Å²) in [6.07, 6.45) is 1.62. The van der Waals surface area contributed by atoms with Gasteiger partial charge in [-0.2, -0.15) is 5.10 Å². The van der Waals surface area contributed by atoms with E-state index < -0.39 is 11.5 Å². The SMILES string of the molecule is Cc1cc(C)c(/C=N\NC(=O)C(O)(c2ccccc2)c2ccccc2)c(C)c1. The first-order valence-electron chi connectivity index (χ1n) is 9.17. The lowest BCUT2D eigenvalue weighted by Gasteiger charge is -2.27. The van der Waals surface area contributed by atoms with Crippen molar-refractivity contribution >= 4 is 12.1 Å². The topological polar surface area (TPSA) is 61.7 Å². The largest absolute Gasteiger partial charge is 0.372 e. The molecule has 0 heterocycles. The van der Waals surface area contributed by atoms with Gasteiger partial charge in [-0.15, -0.1) is 0 Å². The van der Waals surface area contributed by atoms with Gasteiger partial charge in [-0.3, -0.25) is 4.79 Å². The van der Waals surface area contributed by atoms with Crippen molar-refractivity contribution in [2.24, 2.45) is 5.10 Å². The lowest BCUT2D eigenvalue weighted by Crippen LogP contribution is -2.43. The molecule has 4 heteroatoms. The Morgan fingerprint density at radius 3 is 1.82 bits per heavy atom. The number of hydrazone groups is 1. The minimum absolute atomic E-state index is 0.483. The third-order valence-electron chi connectivity index (χ3n) is 4.81. The summed E-state index contributed by atoms with van der Waals surface area (Å²) in [5, 5.41) is 15.5. The molecule has 0 aliphatic heterocycles. The van der Waals surface area contributed by atoms with Crippen LogP contribution in [0.2, 0.25) is 0 Å². The van der Waals surface area contributed by atoms with E-state index in [1.54, 1.807) is 54.7 Å². The predicted molar refractivity (Wildman–Crippen MR) is 112 cm³/mol. The van der Waals surface area contributed by atoms with Crippen LogP contribution in [0, 0.1) is 20.8 Å². The number of amides is 1. The summed E-state index contributed by atoms with van der Waals surface area (Å²) in [5.74, 6) is -0.608. The maximum absolute atomic E-state index is 13.0. The molecule has 0 radical (unpaired) electrons. The van der Waals surface area contributed by atoms with E-state index >= 15 is 0 Å². The first-order valence-corrected chi connectivity index (χ1v) is 9.17. The van der Waals surface area contributed by atoms with Crippen molar-refractivity contribution in [1.82, 2.24) is 5.43 Å². The average molecular weight is 372 g/mol. The Labute approximate surface area is 165 Å². The summed E-state index contributed by atoms with van der Waals surface area (Å²) < 4.78 is 0. The zero-order valence-corrected chi connectivity index (χ0v) is 16.3. The molecule has 28 heavy (non-hydrogen) atoms. The van der Waals surface area contributed by atoms with Crippen molar-refractivity contribution in [3.63, 3.8) is 0 Å². The minimum atomic E-state index is -1.84. The van der Waals surface area contributed by atoms with Crippen LogP contribution in [0.1, 0.15) is 33.4 Å². The molecule has 0 aliphatic carbocycles. The summed E-state index contributed by atoms with van der Waals surface area (Å²) in [4.78, 5) is 13.0. The van der Waals surface area contributed by atoms with Gasteiger partial charge < -0.3 is 5.11 Å². The van der Waals surface area contributed by atoms with Crippen molar-refractivity contribution in [2.45, 2.75) is 26.4 Å². The molecular formula is C24H24N2O2. The zero-order chi connectivity index (χ0) is 20.1. The fourth-order valence-corrected chi connectivity index (χ4v) is 3.42. The Morgan fingerprint density at radius 2 is 1.36 bits per heavy atom. The van der Waals surface area contributed by atoms with E-state index in [2.05, 4.69) is 22.7 Å². The van der Waals surface area contributed by atoms with Crippen LogP contribution < -0.4 is 5.43 Å². The summed E-state index contributed by atoms with van der Waals surface area (Å²) in [6, 6.07) is 21.9. The van der Waals surface area contributed by atoms with Gasteiger partial charge in [0.15, 0.2) is 5.60 Å². The van der Waals surface area contributed by atoms with Crippen molar-refractivity contribution in [1.29, 1.82) is 0 Å². The van der Waals surface area contributed by atoms with Gasteiger partial charge in [0.25, 0.3) is 5.91 Å². The van der Waals surface area contributed by atoms with Crippen LogP contribution in [0.3, 0.4) is 0 Å². The highest BCUT2D eigenvalue weighted by Gasteiger charge is 2.39. The van der Waals surface area contributed by atoms with E-state index in [1.807, 2.05) is 32.9 Å². The molecule has 0 saturated heterocycles. The maximum Gasteiger partial charge on any atom is 0.281 e. The standard InChI is InChI=1S/C24H24N2O2/c1-17-14-18(2)22(19(3)15-17)16-25-26-23(27)24(28,20-10-6-4-7-11-20)21-12-8-5-9-13-21/h4-16,28H,1-3H3,(H,26,27)/b25-16-. The maximum atomic E-state index is 13.0. The third-order valence-corrected chi connectivity index (χ3v) is 4.81. The van der Waals surface area contributed by atoms with Crippen LogP contribution in [0.25, 0.3) is 0 Å². The highest BCUT2D eigenvalue weighted by molar-refractivity contribution is 5.91. The molecule has 0 unspecified atom stereocenters. The van der Waals surface area contributed by atoms with Gasteiger partial charge in [0.1, 0.15) is 0 Å². The van der Waals surface area contributed by atoms with Gasteiger partial charge in [-0.05, 0) is 43.0 Å². The van der Waals surface area contributed by atoms with Crippen molar-refractivity contribution < 1.29 is 9.90 Å². The second kappa shape index (κ2) is 8.19. The number of carbonyl (C=O) groups excluding carboxylic acids is 1. The Morgan fingerprint density at radius 1 is 0.893 bits per heavy atom. The summed E-state index contributed by atoms with van der Waals surface area (Å²) >= 11 is 0. The second-order valence-corrected chi connectivity index (χ2v) is 6.95. The van der Waals surface area contributed by atoms with Crippen LogP contribution in [0.5, 0.6) is 0 Å². The molecule has 0 saturated carbocycles. The molecule has 142 valence electrons. The first-order chi connectivity index (χ1) is 13.4. The Balaban J connectivity index is 1.92. The van der Waals surface area contributed by atoms with Crippen LogP contribution in [-0.2, 0) is 10.4 Å². The predicted octanol–water partition coefficient (Wildman–Crippen LogP) is 4.00. The van der Waals surface area contributed by atoms with Gasteiger partial charge in [0.2, 0.25) is 0 Å². The summed E-state index contributed by atoms with van der Waals surface area (Å²) in [5.41, 5.74) is 5.94. The highest BCUT2D eigenvalue weighted by Crippen LogP contribution is 2.29. The molecule has 0 atom stereocenters. The molecule has 0 aliphatic rings. The van der Waals surface area contributed by atoms with E-state index in [0.717, 1.165) is 16.7 Å². The Bertz CT molecular complexity index is 933. The van der Waals surface area contributed by atoms with Crippen molar-refractivity contribution in [2.75, 3.05) is 0 Å². The number of carbonyl (C=O) groups is 1. The lowest BCUT2D eigenvalue weighted by molar-refractivity contribution is -0.136. The van der Waals surface area contributed by atoms with E-state index in [0.29, 0.717) is 11.1 Å². The number of nitrogens with zero attached hydrogens (tertiary/aromatic N) is 1. The number of hydrogen-bond donors (Lipinski definition) is 2. The van der Waals surface area contributed by atoms with E-state index in [-0.39, 0.29) is 0 Å². The molecule has 0 fully saturated rings. The summed E-state index contributed by atoms with van der Waals surface area (Å²) in [7, 11) is 0. The molecule has 0 spiro atoms. The normalized spacial score (nSPS) is 11.6. The molecule has 0 bridgehead atoms. The fourth-order valence-electron chi connectivity index (χ4n) is 3.42. The van der Waals surface area contributed by atoms with Gasteiger partial charge in [0.05, 0.1) is 6.21 Å². The molecular weight excluding hydrogens is 348 g/mol. The Hall–Kier alpha value is -3.24. The van der Waals surface area contributed by atoms with E-state index in [1.165, 1.54) is 5.56 Å². The first kappa shape index (κ1) is 19.5. The van der Waals surface area contributed by atoms with Gasteiger partial charge in [0, 0.05) is 5.56 Å². The smallest absolute Gasteiger partial charge is 0.281 e.